The molecule has 0 aromatic carbocycles. The Labute approximate surface area is 116 Å². The van der Waals surface area contributed by atoms with Gasteiger partial charge >= 0.3 is 5.97 Å². The highest BCUT2D eigenvalue weighted by atomic mass is 32.2. The number of hydrogen-bond acceptors (Lipinski definition) is 6. The zero-order valence-electron chi connectivity index (χ0n) is 11.3. The number of Topliss-reactive ketones (excluding diaryl/α,β-unsaturated/α-hetero) is 1. The Hall–Kier alpha value is -1.87. The van der Waals surface area contributed by atoms with E-state index in [1.807, 2.05) is 0 Å². The number of nitrogens with one attached hydrogen (secondary N) is 2. The lowest BCUT2D eigenvalue weighted by Crippen LogP contribution is -2.21. The number of aromatic amines is 1. The van der Waals surface area contributed by atoms with Crippen molar-refractivity contribution >= 4 is 27.6 Å². The van der Waals surface area contributed by atoms with Crippen LogP contribution >= 0.6 is 0 Å². The summed E-state index contributed by atoms with van der Waals surface area (Å²) < 4.78 is 34.9. The molecule has 0 spiro atoms. The molecular weight excluding hydrogens is 288 g/mol. The number of carbonyl (C=O) groups is 2. The molecule has 0 aliphatic carbocycles. The van der Waals surface area contributed by atoms with E-state index in [4.69, 9.17) is 0 Å². The lowest BCUT2D eigenvalue weighted by molar-refractivity contribution is 0.0595. The molecule has 1 heterocycles. The first kappa shape index (κ1) is 16.2. The zero-order valence-corrected chi connectivity index (χ0v) is 12.2. The molecule has 1 aromatic heterocycles. The van der Waals surface area contributed by atoms with Crippen LogP contribution in [-0.4, -0.2) is 51.7 Å². The molecule has 112 valence electrons. The molecule has 1 aromatic rings. The SMILES string of the molecule is COCCS(=O)(=O)Nc1[nH]c(C(=O)OC)cc1C(C)=O. The molecule has 0 unspecified atom stereocenters. The van der Waals surface area contributed by atoms with E-state index >= 15 is 0 Å². The number of sulfonamides is 1. The molecule has 0 fully saturated rings. The Morgan fingerprint density at radius 1 is 1.35 bits per heavy atom. The highest BCUT2D eigenvalue weighted by molar-refractivity contribution is 7.92. The summed E-state index contributed by atoms with van der Waals surface area (Å²) >= 11 is 0. The van der Waals surface area contributed by atoms with Crippen molar-refractivity contribution in [2.45, 2.75) is 6.92 Å². The van der Waals surface area contributed by atoms with E-state index in [-0.39, 0.29) is 35.2 Å². The molecule has 0 saturated heterocycles. The Balaban J connectivity index is 3.07. The summed E-state index contributed by atoms with van der Waals surface area (Å²) in [5.41, 5.74) is 0.0496. The number of H-pyrrole nitrogens is 1. The molecule has 0 bridgehead atoms. The number of esters is 1. The summed E-state index contributed by atoms with van der Waals surface area (Å²) in [5.74, 6) is -1.42. The van der Waals surface area contributed by atoms with Crippen LogP contribution < -0.4 is 4.72 Å². The third kappa shape index (κ3) is 4.07. The van der Waals surface area contributed by atoms with Crippen molar-refractivity contribution in [3.8, 4) is 0 Å². The normalized spacial score (nSPS) is 11.2. The van der Waals surface area contributed by atoms with Crippen molar-refractivity contribution < 1.29 is 27.5 Å². The fourth-order valence-electron chi connectivity index (χ4n) is 1.43. The van der Waals surface area contributed by atoms with Gasteiger partial charge in [0.2, 0.25) is 10.0 Å². The molecule has 1 rings (SSSR count). The summed E-state index contributed by atoms with van der Waals surface area (Å²) in [4.78, 5) is 25.4. The quantitative estimate of drug-likeness (QED) is 0.556. The Morgan fingerprint density at radius 2 is 2.00 bits per heavy atom. The van der Waals surface area contributed by atoms with Crippen LogP contribution in [0.4, 0.5) is 5.82 Å². The Morgan fingerprint density at radius 3 is 2.50 bits per heavy atom. The molecule has 0 aliphatic rings. The number of ether oxygens (including phenoxy) is 2. The van der Waals surface area contributed by atoms with E-state index in [1.54, 1.807) is 0 Å². The molecule has 0 saturated carbocycles. The van der Waals surface area contributed by atoms with Crippen molar-refractivity contribution in [2.75, 3.05) is 31.3 Å². The van der Waals surface area contributed by atoms with Crippen molar-refractivity contribution in [1.82, 2.24) is 4.98 Å². The summed E-state index contributed by atoms with van der Waals surface area (Å²) in [7, 11) is -1.13. The van der Waals surface area contributed by atoms with Crippen LogP contribution in [0.15, 0.2) is 6.07 Å². The third-order valence-corrected chi connectivity index (χ3v) is 3.64. The van der Waals surface area contributed by atoms with E-state index in [9.17, 15) is 18.0 Å². The average molecular weight is 304 g/mol. The summed E-state index contributed by atoms with van der Waals surface area (Å²) in [6, 6.07) is 1.24. The van der Waals surface area contributed by atoms with E-state index in [0.717, 1.165) is 0 Å². The van der Waals surface area contributed by atoms with Gasteiger partial charge in [0.1, 0.15) is 11.5 Å². The van der Waals surface area contributed by atoms with Crippen LogP contribution in [-0.2, 0) is 19.5 Å². The fraction of sp³-hybridized carbons (Fsp3) is 0.455. The summed E-state index contributed by atoms with van der Waals surface area (Å²) in [6.45, 7) is 1.27. The van der Waals surface area contributed by atoms with Gasteiger partial charge in [-0.3, -0.25) is 9.52 Å². The maximum atomic E-state index is 11.7. The van der Waals surface area contributed by atoms with Crippen LogP contribution in [0.3, 0.4) is 0 Å². The summed E-state index contributed by atoms with van der Waals surface area (Å²) in [6.07, 6.45) is 0. The number of carbonyl (C=O) groups excluding carboxylic acids is 2. The van der Waals surface area contributed by atoms with E-state index in [2.05, 4.69) is 19.2 Å². The first-order valence-corrected chi connectivity index (χ1v) is 7.27. The number of ketones is 1. The van der Waals surface area contributed by atoms with Gasteiger partial charge in [0.25, 0.3) is 0 Å². The predicted molar refractivity (Wildman–Crippen MR) is 71.4 cm³/mol. The van der Waals surface area contributed by atoms with Crippen LogP contribution in [0.1, 0.15) is 27.8 Å². The fourth-order valence-corrected chi connectivity index (χ4v) is 2.39. The van der Waals surface area contributed by atoms with Gasteiger partial charge in [-0.15, -0.1) is 0 Å². The Kier molecular flexibility index (Phi) is 5.28. The number of methoxy groups -OCH3 is 2. The molecule has 8 nitrogen and oxygen atoms in total. The molecule has 0 amide bonds. The predicted octanol–water partition coefficient (Wildman–Crippen LogP) is 0.392. The first-order valence-electron chi connectivity index (χ1n) is 5.62. The highest BCUT2D eigenvalue weighted by Gasteiger charge is 2.20. The zero-order chi connectivity index (χ0) is 15.3. The molecule has 0 radical (unpaired) electrons. The standard InChI is InChI=1S/C11H16N2O6S/c1-7(14)8-6-9(11(15)19-3)12-10(8)13-20(16,17)5-4-18-2/h6,12-13H,4-5H2,1-3H3. The largest absolute Gasteiger partial charge is 0.464 e. The topological polar surface area (TPSA) is 115 Å². The molecule has 9 heteroatoms. The average Bonchev–Trinajstić information content (AvgIpc) is 2.78. The number of rotatable bonds is 7. The maximum Gasteiger partial charge on any atom is 0.354 e. The summed E-state index contributed by atoms with van der Waals surface area (Å²) in [5, 5.41) is 0. The second-order valence-corrected chi connectivity index (χ2v) is 5.78. The van der Waals surface area contributed by atoms with Gasteiger partial charge in [-0.25, -0.2) is 13.2 Å². The van der Waals surface area contributed by atoms with Gasteiger partial charge in [-0.05, 0) is 13.0 Å². The van der Waals surface area contributed by atoms with Crippen LogP contribution in [0.25, 0.3) is 0 Å². The smallest absolute Gasteiger partial charge is 0.354 e. The minimum absolute atomic E-state index is 0.00923. The van der Waals surface area contributed by atoms with Crippen LogP contribution in [0, 0.1) is 0 Å². The van der Waals surface area contributed by atoms with Crippen molar-refractivity contribution in [3.05, 3.63) is 17.3 Å². The molecule has 0 atom stereocenters. The second kappa shape index (κ2) is 6.53. The van der Waals surface area contributed by atoms with Gasteiger partial charge in [0, 0.05) is 7.11 Å². The third-order valence-electron chi connectivity index (χ3n) is 2.42. The van der Waals surface area contributed by atoms with E-state index in [0.29, 0.717) is 0 Å². The Bertz CT molecular complexity index is 604. The van der Waals surface area contributed by atoms with Gasteiger partial charge in [-0.1, -0.05) is 0 Å². The van der Waals surface area contributed by atoms with Crippen molar-refractivity contribution in [2.24, 2.45) is 0 Å². The minimum atomic E-state index is -3.68. The second-order valence-electron chi connectivity index (χ2n) is 3.93. The van der Waals surface area contributed by atoms with Gasteiger partial charge in [-0.2, -0.15) is 0 Å². The van der Waals surface area contributed by atoms with Gasteiger partial charge in [0.15, 0.2) is 5.78 Å². The minimum Gasteiger partial charge on any atom is -0.464 e. The van der Waals surface area contributed by atoms with Crippen molar-refractivity contribution in [1.29, 1.82) is 0 Å². The lowest BCUT2D eigenvalue weighted by Gasteiger charge is -2.07. The monoisotopic (exact) mass is 304 g/mol. The van der Waals surface area contributed by atoms with Crippen LogP contribution in [0.5, 0.6) is 0 Å². The van der Waals surface area contributed by atoms with Gasteiger partial charge < -0.3 is 14.5 Å². The molecule has 2 N–H and O–H groups in total. The van der Waals surface area contributed by atoms with E-state index < -0.39 is 16.0 Å². The molecule has 20 heavy (non-hydrogen) atoms. The van der Waals surface area contributed by atoms with Crippen molar-refractivity contribution in [3.63, 3.8) is 0 Å². The maximum absolute atomic E-state index is 11.7. The first-order chi connectivity index (χ1) is 9.30. The molecule has 0 aliphatic heterocycles. The van der Waals surface area contributed by atoms with Crippen LogP contribution in [0.2, 0.25) is 0 Å². The van der Waals surface area contributed by atoms with Gasteiger partial charge in [0.05, 0.1) is 25.0 Å². The van der Waals surface area contributed by atoms with E-state index in [1.165, 1.54) is 27.2 Å². The lowest BCUT2D eigenvalue weighted by atomic mass is 10.2. The molecular formula is C11H16N2O6S. The number of aromatic nitrogens is 1. The highest BCUT2D eigenvalue weighted by Crippen LogP contribution is 2.19. The number of hydrogen-bond donors (Lipinski definition) is 2. The number of anilines is 1.